The number of ether oxygens (including phenoxy) is 2. The van der Waals surface area contributed by atoms with Crippen LogP contribution in [0.4, 0.5) is 0 Å². The van der Waals surface area contributed by atoms with Crippen LogP contribution in [-0.4, -0.2) is 28.5 Å². The number of hydrogen-bond donors (Lipinski definition) is 1. The fourth-order valence-corrected chi connectivity index (χ4v) is 1.98. The number of aromatic amines is 1. The van der Waals surface area contributed by atoms with E-state index in [0.29, 0.717) is 24.5 Å². The van der Waals surface area contributed by atoms with Crippen LogP contribution < -0.4 is 4.74 Å². The molecule has 102 valence electrons. The summed E-state index contributed by atoms with van der Waals surface area (Å²) in [6.45, 7) is 3.64. The molecule has 19 heavy (non-hydrogen) atoms. The maximum atomic E-state index is 5.77. The average molecular weight is 279 g/mol. The molecule has 1 aromatic carbocycles. The fraction of sp³-hybridized carbons (Fsp3) is 0.385. The van der Waals surface area contributed by atoms with E-state index in [1.807, 2.05) is 35.8 Å². The quantitative estimate of drug-likeness (QED) is 0.825. The Balaban J connectivity index is 2.07. The molecular formula is C13H17N3O2S. The van der Waals surface area contributed by atoms with Gasteiger partial charge in [0.05, 0.1) is 13.2 Å². The number of nitrogens with zero attached hydrogens (tertiary/aromatic N) is 2. The third-order valence-electron chi connectivity index (χ3n) is 2.81. The smallest absolute Gasteiger partial charge is 0.195 e. The molecule has 0 aliphatic rings. The van der Waals surface area contributed by atoms with Crippen molar-refractivity contribution >= 4 is 12.2 Å². The van der Waals surface area contributed by atoms with E-state index in [2.05, 4.69) is 10.2 Å². The zero-order chi connectivity index (χ0) is 13.7. The van der Waals surface area contributed by atoms with Gasteiger partial charge in [-0.05, 0) is 30.8 Å². The second-order valence-electron chi connectivity index (χ2n) is 4.14. The SMILES string of the molecule is COCCn1c(COc2ccccc2C)n[nH]c1=S. The summed E-state index contributed by atoms with van der Waals surface area (Å²) >= 11 is 5.18. The molecule has 2 rings (SSSR count). The van der Waals surface area contributed by atoms with E-state index in [1.165, 1.54) is 0 Å². The van der Waals surface area contributed by atoms with E-state index >= 15 is 0 Å². The number of para-hydroxylation sites is 1. The Labute approximate surface area is 117 Å². The molecule has 1 aromatic heterocycles. The Hall–Kier alpha value is -1.66. The molecule has 0 aliphatic heterocycles. The topological polar surface area (TPSA) is 52.1 Å². The van der Waals surface area contributed by atoms with Gasteiger partial charge in [-0.3, -0.25) is 9.67 Å². The number of nitrogens with one attached hydrogen (secondary N) is 1. The van der Waals surface area contributed by atoms with Crippen molar-refractivity contribution in [1.29, 1.82) is 0 Å². The fourth-order valence-electron chi connectivity index (χ4n) is 1.73. The normalized spacial score (nSPS) is 10.6. The Bertz CT molecular complexity index is 592. The van der Waals surface area contributed by atoms with Gasteiger partial charge in [0.1, 0.15) is 12.4 Å². The van der Waals surface area contributed by atoms with Crippen LogP contribution in [0.3, 0.4) is 0 Å². The first kappa shape index (κ1) is 13.8. The van der Waals surface area contributed by atoms with Gasteiger partial charge in [-0.2, -0.15) is 5.10 Å². The summed E-state index contributed by atoms with van der Waals surface area (Å²) in [4.78, 5) is 0. The molecule has 0 spiro atoms. The molecule has 0 saturated heterocycles. The first-order valence-corrected chi connectivity index (χ1v) is 6.44. The third-order valence-corrected chi connectivity index (χ3v) is 3.12. The summed E-state index contributed by atoms with van der Waals surface area (Å²) < 4.78 is 13.3. The number of hydrogen-bond acceptors (Lipinski definition) is 4. The second kappa shape index (κ2) is 6.49. The van der Waals surface area contributed by atoms with Crippen LogP contribution in [0.15, 0.2) is 24.3 Å². The van der Waals surface area contributed by atoms with Crippen LogP contribution in [0.1, 0.15) is 11.4 Å². The number of H-pyrrole nitrogens is 1. The van der Waals surface area contributed by atoms with Crippen LogP contribution in [0.25, 0.3) is 0 Å². The highest BCUT2D eigenvalue weighted by molar-refractivity contribution is 7.71. The van der Waals surface area contributed by atoms with E-state index in [4.69, 9.17) is 21.7 Å². The van der Waals surface area contributed by atoms with E-state index in [1.54, 1.807) is 7.11 Å². The molecule has 6 heteroatoms. The summed E-state index contributed by atoms with van der Waals surface area (Å²) in [6.07, 6.45) is 0. The predicted molar refractivity (Wildman–Crippen MR) is 74.8 cm³/mol. The number of methoxy groups -OCH3 is 1. The van der Waals surface area contributed by atoms with Crippen molar-refractivity contribution < 1.29 is 9.47 Å². The summed E-state index contributed by atoms with van der Waals surface area (Å²) in [5.41, 5.74) is 1.10. The Morgan fingerprint density at radius 1 is 1.37 bits per heavy atom. The minimum atomic E-state index is 0.377. The average Bonchev–Trinajstić information content (AvgIpc) is 2.76. The van der Waals surface area contributed by atoms with Crippen molar-refractivity contribution in [1.82, 2.24) is 14.8 Å². The van der Waals surface area contributed by atoms with Gasteiger partial charge < -0.3 is 9.47 Å². The number of rotatable bonds is 6. The highest BCUT2D eigenvalue weighted by atomic mass is 32.1. The van der Waals surface area contributed by atoms with Gasteiger partial charge >= 0.3 is 0 Å². The summed E-state index contributed by atoms with van der Waals surface area (Å²) in [7, 11) is 1.66. The molecule has 5 nitrogen and oxygen atoms in total. The molecule has 0 saturated carbocycles. The van der Waals surface area contributed by atoms with Gasteiger partial charge in [0, 0.05) is 7.11 Å². The van der Waals surface area contributed by atoms with Crippen molar-refractivity contribution in [2.45, 2.75) is 20.1 Å². The summed E-state index contributed by atoms with van der Waals surface area (Å²) in [5.74, 6) is 1.63. The van der Waals surface area contributed by atoms with Crippen molar-refractivity contribution in [3.63, 3.8) is 0 Å². The van der Waals surface area contributed by atoms with Crippen LogP contribution >= 0.6 is 12.2 Å². The van der Waals surface area contributed by atoms with E-state index in [9.17, 15) is 0 Å². The molecule has 1 N–H and O–H groups in total. The van der Waals surface area contributed by atoms with Crippen LogP contribution in [0.2, 0.25) is 0 Å². The molecule has 0 amide bonds. The van der Waals surface area contributed by atoms with Crippen LogP contribution in [0, 0.1) is 11.7 Å². The van der Waals surface area contributed by atoms with Gasteiger partial charge in [0.2, 0.25) is 0 Å². The summed E-state index contributed by atoms with van der Waals surface area (Å²) in [6, 6.07) is 7.88. The highest BCUT2D eigenvalue weighted by Crippen LogP contribution is 2.17. The minimum absolute atomic E-state index is 0.377. The Morgan fingerprint density at radius 2 is 2.16 bits per heavy atom. The Kier molecular flexibility index (Phi) is 4.70. The minimum Gasteiger partial charge on any atom is -0.485 e. The molecule has 2 aromatic rings. The maximum absolute atomic E-state index is 5.77. The van der Waals surface area contributed by atoms with Gasteiger partial charge in [-0.15, -0.1) is 0 Å². The van der Waals surface area contributed by atoms with Crippen molar-refractivity contribution in [3.05, 3.63) is 40.4 Å². The maximum Gasteiger partial charge on any atom is 0.195 e. The van der Waals surface area contributed by atoms with Crippen LogP contribution in [0.5, 0.6) is 5.75 Å². The van der Waals surface area contributed by atoms with E-state index in [0.717, 1.165) is 17.1 Å². The molecule has 0 bridgehead atoms. The highest BCUT2D eigenvalue weighted by Gasteiger charge is 2.07. The van der Waals surface area contributed by atoms with Crippen LogP contribution in [-0.2, 0) is 17.9 Å². The first-order chi connectivity index (χ1) is 9.22. The van der Waals surface area contributed by atoms with Crippen molar-refractivity contribution in [2.75, 3.05) is 13.7 Å². The van der Waals surface area contributed by atoms with Gasteiger partial charge in [-0.25, -0.2) is 0 Å². The number of aryl methyl sites for hydroxylation is 1. The molecule has 0 radical (unpaired) electrons. The number of benzene rings is 1. The van der Waals surface area contributed by atoms with E-state index < -0.39 is 0 Å². The largest absolute Gasteiger partial charge is 0.485 e. The Morgan fingerprint density at radius 3 is 2.89 bits per heavy atom. The second-order valence-corrected chi connectivity index (χ2v) is 4.53. The number of aromatic nitrogens is 3. The zero-order valence-electron chi connectivity index (χ0n) is 11.0. The third kappa shape index (κ3) is 3.42. The lowest BCUT2D eigenvalue weighted by atomic mass is 10.2. The lowest BCUT2D eigenvalue weighted by molar-refractivity contribution is 0.183. The van der Waals surface area contributed by atoms with Gasteiger partial charge in [0.25, 0.3) is 0 Å². The lowest BCUT2D eigenvalue weighted by Crippen LogP contribution is -2.11. The zero-order valence-corrected chi connectivity index (χ0v) is 11.9. The monoisotopic (exact) mass is 279 g/mol. The standard InChI is InChI=1S/C13H17N3O2S/c1-10-5-3-4-6-11(10)18-9-12-14-15-13(19)16(12)7-8-17-2/h3-6H,7-9H2,1-2H3,(H,15,19). The molecule has 0 aliphatic carbocycles. The summed E-state index contributed by atoms with van der Waals surface area (Å²) in [5, 5.41) is 6.96. The lowest BCUT2D eigenvalue weighted by Gasteiger charge is -2.09. The van der Waals surface area contributed by atoms with Crippen molar-refractivity contribution in [3.8, 4) is 5.75 Å². The molecule has 1 heterocycles. The van der Waals surface area contributed by atoms with Crippen molar-refractivity contribution in [2.24, 2.45) is 0 Å². The van der Waals surface area contributed by atoms with Gasteiger partial charge in [-0.1, -0.05) is 18.2 Å². The van der Waals surface area contributed by atoms with Gasteiger partial charge in [0.15, 0.2) is 10.6 Å². The predicted octanol–water partition coefficient (Wildman–Crippen LogP) is 2.47. The first-order valence-electron chi connectivity index (χ1n) is 6.04. The van der Waals surface area contributed by atoms with E-state index in [-0.39, 0.29) is 0 Å². The molecule has 0 unspecified atom stereocenters. The molecule has 0 atom stereocenters. The molecular weight excluding hydrogens is 262 g/mol. The molecule has 0 fully saturated rings.